The van der Waals surface area contributed by atoms with Gasteiger partial charge in [-0.2, -0.15) is 9.97 Å². The highest BCUT2D eigenvalue weighted by Crippen LogP contribution is 2.37. The molecule has 2 aromatic heterocycles. The zero-order valence-electron chi connectivity index (χ0n) is 15.1. The van der Waals surface area contributed by atoms with Crippen LogP contribution >= 0.6 is 0 Å². The Labute approximate surface area is 156 Å². The molecule has 2 heterocycles. The van der Waals surface area contributed by atoms with E-state index in [1.807, 2.05) is 30.3 Å². The van der Waals surface area contributed by atoms with E-state index in [0.717, 1.165) is 31.2 Å². The monoisotopic (exact) mass is 367 g/mol. The first-order valence-corrected chi connectivity index (χ1v) is 9.14. The summed E-state index contributed by atoms with van der Waals surface area (Å²) in [6.45, 7) is 1.75. The molecule has 8 nitrogen and oxygen atoms in total. The summed E-state index contributed by atoms with van der Waals surface area (Å²) in [5.74, 6) is 1.96. The van der Waals surface area contributed by atoms with Crippen molar-refractivity contribution in [3.05, 3.63) is 47.9 Å². The Morgan fingerprint density at radius 3 is 2.59 bits per heavy atom. The number of aryl methyl sites for hydroxylation is 2. The van der Waals surface area contributed by atoms with Gasteiger partial charge in [-0.25, -0.2) is 0 Å². The molecule has 1 N–H and O–H groups in total. The first-order valence-electron chi connectivity index (χ1n) is 9.14. The molecule has 0 atom stereocenters. The molecule has 0 unspecified atom stereocenters. The van der Waals surface area contributed by atoms with E-state index in [-0.39, 0.29) is 12.3 Å². The smallest absolute Gasteiger partial charge is 0.227 e. The van der Waals surface area contributed by atoms with Crippen LogP contribution in [-0.2, 0) is 16.8 Å². The number of hydrogen-bond donors (Lipinski definition) is 1. The normalized spacial score (nSPS) is 15.7. The molecule has 1 aromatic carbocycles. The van der Waals surface area contributed by atoms with Gasteiger partial charge in [0.1, 0.15) is 5.54 Å². The van der Waals surface area contributed by atoms with Crippen LogP contribution in [0.5, 0.6) is 0 Å². The topological polar surface area (TPSA) is 107 Å². The molecular weight excluding hydrogens is 346 g/mol. The van der Waals surface area contributed by atoms with E-state index in [4.69, 9.17) is 9.05 Å². The van der Waals surface area contributed by atoms with Crippen LogP contribution in [0, 0.1) is 6.92 Å². The second-order valence-electron chi connectivity index (χ2n) is 6.85. The van der Waals surface area contributed by atoms with Crippen LogP contribution in [0.2, 0.25) is 0 Å². The van der Waals surface area contributed by atoms with E-state index < -0.39 is 5.54 Å². The largest absolute Gasteiger partial charge is 0.343 e. The molecule has 1 aliphatic carbocycles. The minimum absolute atomic E-state index is 0.0844. The van der Waals surface area contributed by atoms with Crippen molar-refractivity contribution in [1.82, 2.24) is 25.6 Å². The average Bonchev–Trinajstić information content (AvgIpc) is 3.42. The molecule has 1 fully saturated rings. The number of nitrogens with zero attached hydrogens (tertiary/aromatic N) is 4. The van der Waals surface area contributed by atoms with Crippen LogP contribution in [0.1, 0.15) is 49.7 Å². The van der Waals surface area contributed by atoms with Gasteiger partial charge in [-0.3, -0.25) is 4.79 Å². The predicted octanol–water partition coefficient (Wildman–Crippen LogP) is 2.95. The number of carbonyl (C=O) groups is 1. The van der Waals surface area contributed by atoms with Crippen molar-refractivity contribution in [3.8, 4) is 11.4 Å². The lowest BCUT2D eigenvalue weighted by Crippen LogP contribution is -2.44. The zero-order valence-corrected chi connectivity index (χ0v) is 15.1. The van der Waals surface area contributed by atoms with Gasteiger partial charge < -0.3 is 14.4 Å². The third kappa shape index (κ3) is 3.74. The minimum Gasteiger partial charge on any atom is -0.343 e. The summed E-state index contributed by atoms with van der Waals surface area (Å²) in [4.78, 5) is 21.3. The summed E-state index contributed by atoms with van der Waals surface area (Å²) >= 11 is 0. The molecule has 1 aliphatic rings. The maximum atomic E-state index is 12.5. The fourth-order valence-electron chi connectivity index (χ4n) is 3.49. The van der Waals surface area contributed by atoms with Crippen molar-refractivity contribution in [2.75, 3.05) is 0 Å². The number of aromatic nitrogens is 4. The molecule has 0 saturated heterocycles. The molecule has 0 bridgehead atoms. The summed E-state index contributed by atoms with van der Waals surface area (Å²) in [5, 5.41) is 11.1. The van der Waals surface area contributed by atoms with Gasteiger partial charge >= 0.3 is 0 Å². The van der Waals surface area contributed by atoms with Crippen LogP contribution < -0.4 is 5.32 Å². The summed E-state index contributed by atoms with van der Waals surface area (Å²) in [6.07, 6.45) is 4.32. The van der Waals surface area contributed by atoms with Crippen LogP contribution in [-0.4, -0.2) is 26.2 Å². The second-order valence-corrected chi connectivity index (χ2v) is 6.85. The van der Waals surface area contributed by atoms with Gasteiger partial charge in [0.15, 0.2) is 5.82 Å². The van der Waals surface area contributed by atoms with Gasteiger partial charge in [0.25, 0.3) is 0 Å². The Balaban J connectivity index is 1.39. The molecule has 1 amide bonds. The van der Waals surface area contributed by atoms with Crippen LogP contribution in [0.3, 0.4) is 0 Å². The molecule has 4 rings (SSSR count). The lowest BCUT2D eigenvalue weighted by atomic mass is 9.96. The molecule has 3 aromatic rings. The van der Waals surface area contributed by atoms with E-state index in [2.05, 4.69) is 25.6 Å². The Hall–Kier alpha value is -3.03. The number of carbonyl (C=O) groups excluding carboxylic acids is 1. The van der Waals surface area contributed by atoms with Gasteiger partial charge in [-0.1, -0.05) is 53.5 Å². The summed E-state index contributed by atoms with van der Waals surface area (Å²) in [5.41, 5.74) is 0.355. The summed E-state index contributed by atoms with van der Waals surface area (Å²) < 4.78 is 10.4. The molecule has 0 aliphatic heterocycles. The molecule has 140 valence electrons. The van der Waals surface area contributed by atoms with Gasteiger partial charge in [0.2, 0.25) is 23.5 Å². The highest BCUT2D eigenvalue weighted by molar-refractivity contribution is 5.77. The molecular formula is C19H21N5O3. The summed E-state index contributed by atoms with van der Waals surface area (Å²) in [6, 6.07) is 9.59. The van der Waals surface area contributed by atoms with E-state index >= 15 is 0 Å². The van der Waals surface area contributed by atoms with Crippen LogP contribution in [0.25, 0.3) is 11.4 Å². The number of hydrogen-bond acceptors (Lipinski definition) is 7. The lowest BCUT2D eigenvalue weighted by Gasteiger charge is -2.26. The third-order valence-corrected chi connectivity index (χ3v) is 4.86. The molecule has 1 saturated carbocycles. The van der Waals surface area contributed by atoms with Crippen molar-refractivity contribution in [1.29, 1.82) is 0 Å². The number of nitrogens with one attached hydrogen (secondary N) is 1. The minimum atomic E-state index is -0.529. The van der Waals surface area contributed by atoms with Crippen LogP contribution in [0.4, 0.5) is 0 Å². The predicted molar refractivity (Wildman–Crippen MR) is 95.4 cm³/mol. The van der Waals surface area contributed by atoms with Crippen molar-refractivity contribution in [2.24, 2.45) is 0 Å². The number of amides is 1. The first kappa shape index (κ1) is 17.4. The lowest BCUT2D eigenvalue weighted by molar-refractivity contribution is -0.123. The third-order valence-electron chi connectivity index (χ3n) is 4.86. The molecule has 0 radical (unpaired) electrons. The fraction of sp³-hybridized carbons (Fsp3) is 0.421. The quantitative estimate of drug-likeness (QED) is 0.713. The van der Waals surface area contributed by atoms with E-state index in [1.54, 1.807) is 6.92 Å². The Morgan fingerprint density at radius 2 is 1.89 bits per heavy atom. The van der Waals surface area contributed by atoms with Crippen molar-refractivity contribution in [2.45, 2.75) is 51.0 Å². The van der Waals surface area contributed by atoms with Crippen LogP contribution in [0.15, 0.2) is 39.4 Å². The van der Waals surface area contributed by atoms with Crippen molar-refractivity contribution >= 4 is 5.91 Å². The Morgan fingerprint density at radius 1 is 1.11 bits per heavy atom. The van der Waals surface area contributed by atoms with Crippen molar-refractivity contribution in [3.63, 3.8) is 0 Å². The Kier molecular flexibility index (Phi) is 4.70. The Bertz CT molecular complexity index is 912. The zero-order chi connectivity index (χ0) is 18.7. The molecule has 0 spiro atoms. The summed E-state index contributed by atoms with van der Waals surface area (Å²) in [7, 11) is 0. The highest BCUT2D eigenvalue weighted by Gasteiger charge is 2.41. The first-order chi connectivity index (χ1) is 13.1. The van der Waals surface area contributed by atoms with Gasteiger partial charge in [-0.05, 0) is 12.8 Å². The fourth-order valence-corrected chi connectivity index (χ4v) is 3.49. The molecule has 8 heteroatoms. The van der Waals surface area contributed by atoms with Gasteiger partial charge in [0.05, 0.1) is 0 Å². The van der Waals surface area contributed by atoms with Crippen molar-refractivity contribution < 1.29 is 13.8 Å². The molecule has 27 heavy (non-hydrogen) atoms. The average molecular weight is 367 g/mol. The maximum Gasteiger partial charge on any atom is 0.227 e. The van der Waals surface area contributed by atoms with Gasteiger partial charge in [-0.15, -0.1) is 0 Å². The SMILES string of the molecule is Cc1nc(C2(NC(=O)CCc3nc(-c4ccccc4)no3)CCCC2)no1. The number of rotatable bonds is 6. The maximum absolute atomic E-state index is 12.5. The van der Waals surface area contributed by atoms with Gasteiger partial charge in [0, 0.05) is 25.3 Å². The standard InChI is InChI=1S/C19H21N5O3/c1-13-20-18(24-26-13)19(11-5-6-12-19)22-15(25)9-10-16-21-17(23-27-16)14-7-3-2-4-8-14/h2-4,7-8H,5-6,9-12H2,1H3,(H,22,25). The van der Waals surface area contributed by atoms with E-state index in [0.29, 0.717) is 29.9 Å². The van der Waals surface area contributed by atoms with E-state index in [9.17, 15) is 4.79 Å². The van der Waals surface area contributed by atoms with E-state index in [1.165, 1.54) is 0 Å². The highest BCUT2D eigenvalue weighted by atomic mass is 16.5. The number of benzene rings is 1. The second kappa shape index (κ2) is 7.30.